The molecule has 0 aromatic carbocycles. The molecule has 2 rings (SSSR count). The fourth-order valence-corrected chi connectivity index (χ4v) is 3.32. The average Bonchev–Trinajstić information content (AvgIpc) is 2.87. The van der Waals surface area contributed by atoms with E-state index in [1.165, 1.54) is 11.3 Å². The van der Waals surface area contributed by atoms with Crippen LogP contribution in [0.15, 0.2) is 5.38 Å². The second-order valence-corrected chi connectivity index (χ2v) is 6.46. The largest absolute Gasteiger partial charge is 0.481 e. The van der Waals surface area contributed by atoms with Crippen LogP contribution in [-0.2, 0) is 4.79 Å². The van der Waals surface area contributed by atoms with Crippen molar-refractivity contribution < 1.29 is 14.7 Å². The molecule has 1 aromatic rings. The third-order valence-corrected chi connectivity index (χ3v) is 4.40. The first kappa shape index (κ1) is 15.8. The summed E-state index contributed by atoms with van der Waals surface area (Å²) in [6.45, 7) is 4.70. The Balaban J connectivity index is 2.01. The molecule has 7 heteroatoms. The summed E-state index contributed by atoms with van der Waals surface area (Å²) in [6, 6.07) is -0.466. The standard InChI is InChI=1S/C14H21N3O3S/c1-9(2)11-8-21-13(15-11)16-14(20)17-6-4-3-5-10(17)7-12(18)19/h8-10H,3-7H2,1-2H3,(H,18,19)(H,15,16,20). The van der Waals surface area contributed by atoms with Crippen molar-refractivity contribution in [3.05, 3.63) is 11.1 Å². The van der Waals surface area contributed by atoms with E-state index in [0.717, 1.165) is 25.0 Å². The second kappa shape index (κ2) is 6.89. The van der Waals surface area contributed by atoms with Gasteiger partial charge in [0.1, 0.15) is 0 Å². The summed E-state index contributed by atoms with van der Waals surface area (Å²) in [7, 11) is 0. The van der Waals surface area contributed by atoms with Crippen LogP contribution in [0.5, 0.6) is 0 Å². The molecule has 1 saturated heterocycles. The molecule has 1 aromatic heterocycles. The number of hydrogen-bond donors (Lipinski definition) is 2. The molecule has 0 radical (unpaired) electrons. The number of carboxylic acid groups (broad SMARTS) is 1. The molecular weight excluding hydrogens is 290 g/mol. The highest BCUT2D eigenvalue weighted by Crippen LogP contribution is 2.24. The maximum absolute atomic E-state index is 12.3. The first-order chi connectivity index (χ1) is 9.97. The Bertz CT molecular complexity index is 515. The van der Waals surface area contributed by atoms with Gasteiger partial charge in [0.2, 0.25) is 0 Å². The van der Waals surface area contributed by atoms with Gasteiger partial charge in [-0.3, -0.25) is 10.1 Å². The van der Waals surface area contributed by atoms with Crippen LogP contribution >= 0.6 is 11.3 Å². The summed E-state index contributed by atoms with van der Waals surface area (Å²) in [5, 5.41) is 14.3. The van der Waals surface area contributed by atoms with Crippen LogP contribution in [0.3, 0.4) is 0 Å². The number of aliphatic carboxylic acids is 1. The number of urea groups is 1. The molecule has 2 heterocycles. The highest BCUT2D eigenvalue weighted by Gasteiger charge is 2.28. The Morgan fingerprint density at radius 1 is 1.52 bits per heavy atom. The molecule has 0 aliphatic carbocycles. The molecule has 116 valence electrons. The molecular formula is C14H21N3O3S. The number of carbonyl (C=O) groups excluding carboxylic acids is 1. The van der Waals surface area contributed by atoms with Crippen LogP contribution < -0.4 is 5.32 Å². The summed E-state index contributed by atoms with van der Waals surface area (Å²) >= 11 is 1.40. The van der Waals surface area contributed by atoms with Gasteiger partial charge in [0.15, 0.2) is 5.13 Å². The fourth-order valence-electron chi connectivity index (χ4n) is 2.45. The number of nitrogens with one attached hydrogen (secondary N) is 1. The molecule has 0 spiro atoms. The summed E-state index contributed by atoms with van der Waals surface area (Å²) in [4.78, 5) is 29.2. The Labute approximate surface area is 128 Å². The van der Waals surface area contributed by atoms with Gasteiger partial charge in [0.05, 0.1) is 12.1 Å². The van der Waals surface area contributed by atoms with Crippen LogP contribution in [0.1, 0.15) is 51.1 Å². The lowest BCUT2D eigenvalue weighted by Crippen LogP contribution is -2.46. The molecule has 6 nitrogen and oxygen atoms in total. The monoisotopic (exact) mass is 311 g/mol. The third kappa shape index (κ3) is 4.17. The smallest absolute Gasteiger partial charge is 0.323 e. The van der Waals surface area contributed by atoms with E-state index in [9.17, 15) is 9.59 Å². The average molecular weight is 311 g/mol. The minimum Gasteiger partial charge on any atom is -0.481 e. The van der Waals surface area contributed by atoms with E-state index in [2.05, 4.69) is 10.3 Å². The van der Waals surface area contributed by atoms with Crippen molar-refractivity contribution in [1.29, 1.82) is 0 Å². The molecule has 21 heavy (non-hydrogen) atoms. The van der Waals surface area contributed by atoms with Gasteiger partial charge >= 0.3 is 12.0 Å². The molecule has 1 fully saturated rings. The topological polar surface area (TPSA) is 82.5 Å². The molecule has 1 aliphatic heterocycles. The molecule has 0 bridgehead atoms. The van der Waals surface area contributed by atoms with Gasteiger partial charge in [-0.05, 0) is 25.2 Å². The minimum absolute atomic E-state index is 0.00251. The van der Waals surface area contributed by atoms with Gasteiger partial charge in [0.25, 0.3) is 0 Å². The van der Waals surface area contributed by atoms with Crippen LogP contribution in [0, 0.1) is 0 Å². The fraction of sp³-hybridized carbons (Fsp3) is 0.643. The van der Waals surface area contributed by atoms with Crippen molar-refractivity contribution in [2.75, 3.05) is 11.9 Å². The quantitative estimate of drug-likeness (QED) is 0.895. The van der Waals surface area contributed by atoms with Crippen LogP contribution in [0.2, 0.25) is 0 Å². The number of thiazole rings is 1. The highest BCUT2D eigenvalue weighted by molar-refractivity contribution is 7.13. The lowest BCUT2D eigenvalue weighted by atomic mass is 10.00. The number of anilines is 1. The summed E-state index contributed by atoms with van der Waals surface area (Å²) in [5.41, 5.74) is 0.955. The Morgan fingerprint density at radius 3 is 2.90 bits per heavy atom. The normalized spacial score (nSPS) is 18.8. The number of amides is 2. The number of carbonyl (C=O) groups is 2. The van der Waals surface area contributed by atoms with Crippen molar-refractivity contribution >= 4 is 28.5 Å². The maximum atomic E-state index is 12.3. The maximum Gasteiger partial charge on any atom is 0.323 e. The molecule has 1 unspecified atom stereocenters. The van der Waals surface area contributed by atoms with Crippen LogP contribution in [0.25, 0.3) is 0 Å². The van der Waals surface area contributed by atoms with Gasteiger partial charge in [-0.25, -0.2) is 9.78 Å². The summed E-state index contributed by atoms with van der Waals surface area (Å²) < 4.78 is 0. The zero-order valence-electron chi connectivity index (χ0n) is 12.3. The first-order valence-electron chi connectivity index (χ1n) is 7.22. The molecule has 2 N–H and O–H groups in total. The lowest BCUT2D eigenvalue weighted by Gasteiger charge is -2.34. The van der Waals surface area contributed by atoms with Crippen LogP contribution in [0.4, 0.5) is 9.93 Å². The molecule has 2 amide bonds. The van der Waals surface area contributed by atoms with E-state index in [0.29, 0.717) is 17.6 Å². The zero-order valence-corrected chi connectivity index (χ0v) is 13.2. The zero-order chi connectivity index (χ0) is 15.4. The SMILES string of the molecule is CC(C)c1csc(NC(=O)N2CCCCC2CC(=O)O)n1. The van der Waals surface area contributed by atoms with E-state index in [1.54, 1.807) is 4.90 Å². The first-order valence-corrected chi connectivity index (χ1v) is 8.10. The van der Waals surface area contributed by atoms with Gasteiger partial charge in [0, 0.05) is 18.0 Å². The summed E-state index contributed by atoms with van der Waals surface area (Å²) in [5.74, 6) is -0.544. The lowest BCUT2D eigenvalue weighted by molar-refractivity contribution is -0.138. The summed E-state index contributed by atoms with van der Waals surface area (Å²) in [6.07, 6.45) is 2.63. The van der Waals surface area contributed by atoms with Gasteiger partial charge in [-0.1, -0.05) is 13.8 Å². The van der Waals surface area contributed by atoms with Gasteiger partial charge in [-0.15, -0.1) is 11.3 Å². The van der Waals surface area contributed by atoms with E-state index in [4.69, 9.17) is 5.11 Å². The van der Waals surface area contributed by atoms with Crippen molar-refractivity contribution in [2.45, 2.75) is 51.5 Å². The van der Waals surface area contributed by atoms with E-state index in [1.807, 2.05) is 19.2 Å². The van der Waals surface area contributed by atoms with Crippen molar-refractivity contribution in [1.82, 2.24) is 9.88 Å². The minimum atomic E-state index is -0.865. The number of hydrogen-bond acceptors (Lipinski definition) is 4. The Morgan fingerprint density at radius 2 is 2.29 bits per heavy atom. The number of nitrogens with zero attached hydrogens (tertiary/aromatic N) is 2. The number of piperidine rings is 1. The second-order valence-electron chi connectivity index (χ2n) is 5.60. The van der Waals surface area contributed by atoms with Crippen molar-refractivity contribution in [3.8, 4) is 0 Å². The van der Waals surface area contributed by atoms with Gasteiger partial charge < -0.3 is 10.0 Å². The predicted octanol–water partition coefficient (Wildman–Crippen LogP) is 3.13. The van der Waals surface area contributed by atoms with E-state index >= 15 is 0 Å². The molecule has 1 atom stereocenters. The molecule has 1 aliphatic rings. The highest BCUT2D eigenvalue weighted by atomic mass is 32.1. The van der Waals surface area contributed by atoms with Crippen molar-refractivity contribution in [3.63, 3.8) is 0 Å². The van der Waals surface area contributed by atoms with Crippen molar-refractivity contribution in [2.24, 2.45) is 0 Å². The Kier molecular flexibility index (Phi) is 5.17. The van der Waals surface area contributed by atoms with E-state index < -0.39 is 5.97 Å². The van der Waals surface area contributed by atoms with E-state index in [-0.39, 0.29) is 18.5 Å². The number of likely N-dealkylation sites (tertiary alicyclic amines) is 1. The predicted molar refractivity (Wildman–Crippen MR) is 81.8 cm³/mol. The number of aromatic nitrogens is 1. The molecule has 0 saturated carbocycles. The third-order valence-electron chi connectivity index (χ3n) is 3.63. The van der Waals surface area contributed by atoms with Crippen LogP contribution in [-0.4, -0.2) is 39.6 Å². The number of carboxylic acids is 1. The number of rotatable bonds is 4. The Hall–Kier alpha value is -1.63. The van der Waals surface area contributed by atoms with Gasteiger partial charge in [-0.2, -0.15) is 0 Å².